The van der Waals surface area contributed by atoms with Crippen molar-refractivity contribution in [3.05, 3.63) is 44.1 Å². The largest absolute Gasteiger partial charge is 0.431 e. The molecule has 9 heteroatoms. The smallest absolute Gasteiger partial charge is 0.313 e. The lowest BCUT2D eigenvalue weighted by Gasteiger charge is -2.09. The van der Waals surface area contributed by atoms with Crippen LogP contribution in [0.4, 0.5) is 11.6 Å². The van der Waals surface area contributed by atoms with Gasteiger partial charge in [0.25, 0.3) is 0 Å². The van der Waals surface area contributed by atoms with Gasteiger partial charge in [0.1, 0.15) is 0 Å². The van der Waals surface area contributed by atoms with Crippen molar-refractivity contribution < 1.29 is 9.66 Å². The number of nitrogens with zero attached hydrogens (tertiary/aromatic N) is 3. The molecular formula is C12H10Cl2N4O3. The summed E-state index contributed by atoms with van der Waals surface area (Å²) >= 11 is 11.7. The zero-order valence-corrected chi connectivity index (χ0v) is 12.6. The second-order valence-electron chi connectivity index (χ2n) is 4.02. The Hall–Kier alpha value is -2.12. The Morgan fingerprint density at radius 3 is 2.62 bits per heavy atom. The quantitative estimate of drug-likeness (QED) is 0.677. The Morgan fingerprint density at radius 2 is 2.00 bits per heavy atom. The third kappa shape index (κ3) is 3.32. The van der Waals surface area contributed by atoms with Gasteiger partial charge in [-0.3, -0.25) is 10.1 Å². The van der Waals surface area contributed by atoms with E-state index in [1.807, 2.05) is 0 Å². The van der Waals surface area contributed by atoms with Crippen LogP contribution in [0.1, 0.15) is 5.56 Å². The van der Waals surface area contributed by atoms with Crippen LogP contribution in [0.2, 0.25) is 10.0 Å². The molecule has 0 atom stereocenters. The van der Waals surface area contributed by atoms with Gasteiger partial charge in [0, 0.05) is 30.9 Å². The molecular weight excluding hydrogens is 319 g/mol. The first-order valence-electron chi connectivity index (χ1n) is 5.75. The lowest BCUT2D eigenvalue weighted by Crippen LogP contribution is -2.01. The summed E-state index contributed by atoms with van der Waals surface area (Å²) in [5.74, 6) is 0.479. The van der Waals surface area contributed by atoms with E-state index in [2.05, 4.69) is 15.3 Å². The number of hydrogen-bond acceptors (Lipinski definition) is 6. The maximum absolute atomic E-state index is 11.1. The fourth-order valence-electron chi connectivity index (χ4n) is 1.50. The van der Waals surface area contributed by atoms with E-state index in [4.69, 9.17) is 27.9 Å². The normalized spacial score (nSPS) is 10.3. The standard InChI is InChI=1S/C12H10Cl2N4O3/c1-6-5-16-12(15-2)17-11(6)21-10-4-8(14)7(13)3-9(10)18(19)20/h3-5H,1-2H3,(H,15,16,17). The van der Waals surface area contributed by atoms with Crippen LogP contribution in [-0.2, 0) is 0 Å². The van der Waals surface area contributed by atoms with Crippen LogP contribution in [0.3, 0.4) is 0 Å². The highest BCUT2D eigenvalue weighted by Gasteiger charge is 2.20. The number of aromatic nitrogens is 2. The highest BCUT2D eigenvalue weighted by molar-refractivity contribution is 6.42. The van der Waals surface area contributed by atoms with E-state index in [1.54, 1.807) is 14.0 Å². The molecule has 7 nitrogen and oxygen atoms in total. The van der Waals surface area contributed by atoms with Crippen molar-refractivity contribution in [2.45, 2.75) is 6.92 Å². The third-order valence-electron chi connectivity index (χ3n) is 2.55. The summed E-state index contributed by atoms with van der Waals surface area (Å²) in [6, 6.07) is 2.41. The van der Waals surface area contributed by atoms with Gasteiger partial charge in [-0.15, -0.1) is 0 Å². The lowest BCUT2D eigenvalue weighted by molar-refractivity contribution is -0.385. The van der Waals surface area contributed by atoms with Crippen molar-refractivity contribution in [3.8, 4) is 11.6 Å². The van der Waals surface area contributed by atoms with Crippen LogP contribution in [0.25, 0.3) is 0 Å². The Morgan fingerprint density at radius 1 is 1.33 bits per heavy atom. The number of benzene rings is 1. The van der Waals surface area contributed by atoms with E-state index in [-0.39, 0.29) is 27.4 Å². The van der Waals surface area contributed by atoms with E-state index in [1.165, 1.54) is 12.3 Å². The summed E-state index contributed by atoms with van der Waals surface area (Å²) in [6.45, 7) is 1.72. The summed E-state index contributed by atoms with van der Waals surface area (Å²) < 4.78 is 5.50. The Balaban J connectivity index is 2.48. The first kappa shape index (κ1) is 15.3. The SMILES string of the molecule is CNc1ncc(C)c(Oc2cc(Cl)c(Cl)cc2[N+](=O)[O-])n1. The Bertz CT molecular complexity index is 709. The third-order valence-corrected chi connectivity index (χ3v) is 3.28. The van der Waals surface area contributed by atoms with Crippen LogP contribution in [0, 0.1) is 17.0 Å². The molecule has 110 valence electrons. The van der Waals surface area contributed by atoms with Gasteiger partial charge >= 0.3 is 5.69 Å². The van der Waals surface area contributed by atoms with Crippen molar-refractivity contribution in [1.29, 1.82) is 0 Å². The molecule has 0 aliphatic rings. The van der Waals surface area contributed by atoms with E-state index in [9.17, 15) is 10.1 Å². The second-order valence-corrected chi connectivity index (χ2v) is 4.84. The molecule has 0 aliphatic heterocycles. The zero-order chi connectivity index (χ0) is 15.6. The van der Waals surface area contributed by atoms with Crippen molar-refractivity contribution in [1.82, 2.24) is 9.97 Å². The Labute approximate surface area is 130 Å². The number of nitro groups is 1. The fraction of sp³-hybridized carbons (Fsp3) is 0.167. The zero-order valence-electron chi connectivity index (χ0n) is 11.1. The average Bonchev–Trinajstić information content (AvgIpc) is 2.44. The highest BCUT2D eigenvalue weighted by atomic mass is 35.5. The van der Waals surface area contributed by atoms with Gasteiger partial charge in [0.2, 0.25) is 17.6 Å². The first-order valence-corrected chi connectivity index (χ1v) is 6.50. The van der Waals surface area contributed by atoms with Gasteiger partial charge in [-0.2, -0.15) is 4.98 Å². The monoisotopic (exact) mass is 328 g/mol. The average molecular weight is 329 g/mol. The van der Waals surface area contributed by atoms with E-state index < -0.39 is 4.92 Å². The molecule has 0 saturated heterocycles. The molecule has 0 aliphatic carbocycles. The molecule has 0 amide bonds. The van der Waals surface area contributed by atoms with Crippen LogP contribution >= 0.6 is 23.2 Å². The molecule has 21 heavy (non-hydrogen) atoms. The van der Waals surface area contributed by atoms with E-state index >= 15 is 0 Å². The van der Waals surface area contributed by atoms with Crippen molar-refractivity contribution in [3.63, 3.8) is 0 Å². The number of ether oxygens (including phenoxy) is 1. The van der Waals surface area contributed by atoms with Gasteiger partial charge in [-0.1, -0.05) is 23.2 Å². The van der Waals surface area contributed by atoms with Crippen molar-refractivity contribution >= 4 is 34.8 Å². The molecule has 0 spiro atoms. The van der Waals surface area contributed by atoms with Gasteiger partial charge in [-0.05, 0) is 6.92 Å². The summed E-state index contributed by atoms with van der Waals surface area (Å²) in [4.78, 5) is 18.6. The summed E-state index contributed by atoms with van der Waals surface area (Å²) in [6.07, 6.45) is 1.54. The van der Waals surface area contributed by atoms with Gasteiger partial charge in [-0.25, -0.2) is 4.98 Å². The highest BCUT2D eigenvalue weighted by Crippen LogP contribution is 2.38. The summed E-state index contributed by atoms with van der Waals surface area (Å²) in [5, 5.41) is 14.0. The topological polar surface area (TPSA) is 90.2 Å². The Kier molecular flexibility index (Phi) is 4.44. The molecule has 0 bridgehead atoms. The van der Waals surface area contributed by atoms with Crippen molar-refractivity contribution in [2.75, 3.05) is 12.4 Å². The van der Waals surface area contributed by atoms with Gasteiger partial charge in [0.15, 0.2) is 0 Å². The van der Waals surface area contributed by atoms with Crippen LogP contribution < -0.4 is 10.1 Å². The number of anilines is 1. The molecule has 0 saturated carbocycles. The fourth-order valence-corrected chi connectivity index (χ4v) is 1.81. The number of nitro benzene ring substituents is 1. The molecule has 1 aromatic heterocycles. The molecule has 2 aromatic rings. The summed E-state index contributed by atoms with van der Waals surface area (Å²) in [5.41, 5.74) is 0.322. The first-order chi connectivity index (χ1) is 9.92. The number of aryl methyl sites for hydroxylation is 1. The molecule has 1 aromatic carbocycles. The minimum absolute atomic E-state index is 0.0433. The maximum Gasteiger partial charge on any atom is 0.313 e. The minimum Gasteiger partial charge on any atom is -0.431 e. The summed E-state index contributed by atoms with van der Waals surface area (Å²) in [7, 11) is 1.65. The molecule has 2 rings (SSSR count). The maximum atomic E-state index is 11.1. The number of nitrogens with one attached hydrogen (secondary N) is 1. The molecule has 1 heterocycles. The predicted octanol–water partition coefficient (Wildman–Crippen LogP) is 3.83. The van der Waals surface area contributed by atoms with Crippen LogP contribution in [-0.4, -0.2) is 21.9 Å². The molecule has 0 unspecified atom stereocenters. The molecule has 0 radical (unpaired) electrons. The molecule has 0 fully saturated rings. The van der Waals surface area contributed by atoms with Crippen LogP contribution in [0.15, 0.2) is 18.3 Å². The van der Waals surface area contributed by atoms with Crippen molar-refractivity contribution in [2.24, 2.45) is 0 Å². The lowest BCUT2D eigenvalue weighted by atomic mass is 10.3. The predicted molar refractivity (Wildman–Crippen MR) is 79.5 cm³/mol. The van der Waals surface area contributed by atoms with E-state index in [0.29, 0.717) is 11.5 Å². The molecule has 1 N–H and O–H groups in total. The number of hydrogen-bond donors (Lipinski definition) is 1. The number of rotatable bonds is 4. The van der Waals surface area contributed by atoms with Gasteiger partial charge in [0.05, 0.1) is 15.0 Å². The second kappa shape index (κ2) is 6.11. The minimum atomic E-state index is -0.604. The van der Waals surface area contributed by atoms with E-state index in [0.717, 1.165) is 6.07 Å². The number of halogens is 2. The van der Waals surface area contributed by atoms with Gasteiger partial charge < -0.3 is 10.1 Å². The van der Waals surface area contributed by atoms with Crippen LogP contribution in [0.5, 0.6) is 11.6 Å².